The Kier molecular flexibility index (Phi) is 4.79. The molecule has 106 valence electrons. The maximum atomic E-state index is 13.9. The first-order valence-corrected chi connectivity index (χ1v) is 6.48. The van der Waals surface area contributed by atoms with E-state index in [1.54, 1.807) is 24.3 Å². The zero-order chi connectivity index (χ0) is 14.5. The minimum absolute atomic E-state index is 0.0460. The first-order chi connectivity index (χ1) is 9.67. The molecule has 0 atom stereocenters. The summed E-state index contributed by atoms with van der Waals surface area (Å²) in [5.74, 6) is -0.750. The average Bonchev–Trinajstić information content (AvgIpc) is 2.47. The number of ether oxygens (including phenoxy) is 2. The quantitative estimate of drug-likeness (QED) is 0.767. The van der Waals surface area contributed by atoms with E-state index in [4.69, 9.17) is 21.1 Å². The van der Waals surface area contributed by atoms with Gasteiger partial charge in [0.25, 0.3) is 0 Å². The van der Waals surface area contributed by atoms with Gasteiger partial charge in [-0.05, 0) is 12.1 Å². The van der Waals surface area contributed by atoms with Gasteiger partial charge in [-0.1, -0.05) is 24.3 Å². The zero-order valence-corrected chi connectivity index (χ0v) is 11.6. The van der Waals surface area contributed by atoms with Crippen molar-refractivity contribution in [2.24, 2.45) is 0 Å². The molecular formula is C15H13ClF2O2. The molecule has 0 unspecified atom stereocenters. The van der Waals surface area contributed by atoms with Gasteiger partial charge in [-0.2, -0.15) is 0 Å². The van der Waals surface area contributed by atoms with E-state index in [-0.39, 0.29) is 29.5 Å². The van der Waals surface area contributed by atoms with Crippen LogP contribution in [0.2, 0.25) is 0 Å². The molecule has 0 radical (unpaired) electrons. The minimum Gasteiger partial charge on any atom is -0.494 e. The average molecular weight is 299 g/mol. The molecule has 0 heterocycles. The summed E-state index contributed by atoms with van der Waals surface area (Å²) in [5, 5.41) is 0. The van der Waals surface area contributed by atoms with Crippen LogP contribution in [0.15, 0.2) is 36.4 Å². The van der Waals surface area contributed by atoms with E-state index in [1.165, 1.54) is 19.2 Å². The van der Waals surface area contributed by atoms with E-state index in [0.29, 0.717) is 5.56 Å². The van der Waals surface area contributed by atoms with Crippen LogP contribution < -0.4 is 9.47 Å². The Balaban J connectivity index is 2.21. The molecule has 2 rings (SSSR count). The van der Waals surface area contributed by atoms with E-state index >= 15 is 0 Å². The van der Waals surface area contributed by atoms with Crippen molar-refractivity contribution >= 4 is 11.6 Å². The van der Waals surface area contributed by atoms with Crippen molar-refractivity contribution in [2.75, 3.05) is 7.11 Å². The highest BCUT2D eigenvalue weighted by Gasteiger charge is 2.12. The molecule has 0 fully saturated rings. The summed E-state index contributed by atoms with van der Waals surface area (Å²) in [6.45, 7) is -0.103. The molecule has 0 spiro atoms. The Morgan fingerprint density at radius 1 is 1.05 bits per heavy atom. The van der Waals surface area contributed by atoms with Crippen molar-refractivity contribution < 1.29 is 18.3 Å². The van der Waals surface area contributed by atoms with Crippen molar-refractivity contribution in [2.45, 2.75) is 12.5 Å². The Hall–Kier alpha value is -1.81. The van der Waals surface area contributed by atoms with Crippen LogP contribution in [0.5, 0.6) is 11.5 Å². The number of halogens is 3. The highest BCUT2D eigenvalue weighted by molar-refractivity contribution is 6.17. The van der Waals surface area contributed by atoms with Crippen molar-refractivity contribution in [3.63, 3.8) is 0 Å². The third-order valence-corrected chi connectivity index (χ3v) is 3.12. The SMILES string of the molecule is COc1cccc(COc2c(F)cccc2CCl)c1F. The normalized spacial score (nSPS) is 10.4. The van der Waals surface area contributed by atoms with Crippen molar-refractivity contribution in [3.05, 3.63) is 59.2 Å². The minimum atomic E-state index is -0.522. The molecule has 0 amide bonds. The number of alkyl halides is 1. The number of para-hydroxylation sites is 1. The summed E-state index contributed by atoms with van der Waals surface area (Å²) in [4.78, 5) is 0. The second-order valence-corrected chi connectivity index (χ2v) is 4.35. The van der Waals surface area contributed by atoms with Gasteiger partial charge in [0.2, 0.25) is 0 Å². The van der Waals surface area contributed by atoms with Crippen LogP contribution in [0.25, 0.3) is 0 Å². The Morgan fingerprint density at radius 3 is 2.45 bits per heavy atom. The summed E-state index contributed by atoms with van der Waals surface area (Å²) in [6.07, 6.45) is 0. The number of hydrogen-bond acceptors (Lipinski definition) is 2. The van der Waals surface area contributed by atoms with Crippen LogP contribution in [0, 0.1) is 11.6 Å². The van der Waals surface area contributed by atoms with Crippen LogP contribution in [0.1, 0.15) is 11.1 Å². The van der Waals surface area contributed by atoms with E-state index < -0.39 is 11.6 Å². The second-order valence-electron chi connectivity index (χ2n) is 4.08. The number of methoxy groups -OCH3 is 1. The molecule has 0 aliphatic heterocycles. The van der Waals surface area contributed by atoms with Gasteiger partial charge < -0.3 is 9.47 Å². The third kappa shape index (κ3) is 3.02. The predicted molar refractivity (Wildman–Crippen MR) is 73.2 cm³/mol. The van der Waals surface area contributed by atoms with Crippen molar-refractivity contribution in [1.82, 2.24) is 0 Å². The zero-order valence-electron chi connectivity index (χ0n) is 10.8. The highest BCUT2D eigenvalue weighted by atomic mass is 35.5. The van der Waals surface area contributed by atoms with E-state index in [2.05, 4.69) is 0 Å². The largest absolute Gasteiger partial charge is 0.494 e. The summed E-state index contributed by atoms with van der Waals surface area (Å²) in [6, 6.07) is 9.18. The molecule has 0 N–H and O–H groups in total. The molecule has 0 aromatic heterocycles. The molecule has 0 aliphatic rings. The molecule has 2 aromatic carbocycles. The fourth-order valence-electron chi connectivity index (χ4n) is 1.80. The maximum Gasteiger partial charge on any atom is 0.171 e. The molecular weight excluding hydrogens is 286 g/mol. The number of rotatable bonds is 5. The molecule has 0 saturated carbocycles. The van der Waals surface area contributed by atoms with E-state index in [0.717, 1.165) is 0 Å². The Morgan fingerprint density at radius 2 is 1.75 bits per heavy atom. The lowest BCUT2D eigenvalue weighted by Gasteiger charge is -2.12. The fraction of sp³-hybridized carbons (Fsp3) is 0.200. The van der Waals surface area contributed by atoms with Crippen LogP contribution in [-0.4, -0.2) is 7.11 Å². The molecule has 2 aromatic rings. The van der Waals surface area contributed by atoms with E-state index in [1.807, 2.05) is 0 Å². The molecule has 5 heteroatoms. The molecule has 2 nitrogen and oxygen atoms in total. The summed E-state index contributed by atoms with van der Waals surface area (Å²) in [7, 11) is 1.38. The van der Waals surface area contributed by atoms with Crippen molar-refractivity contribution in [1.29, 1.82) is 0 Å². The number of hydrogen-bond donors (Lipinski definition) is 0. The van der Waals surface area contributed by atoms with Crippen LogP contribution in [-0.2, 0) is 12.5 Å². The lowest BCUT2D eigenvalue weighted by molar-refractivity contribution is 0.279. The summed E-state index contributed by atoms with van der Waals surface area (Å²) in [5.41, 5.74) is 0.808. The van der Waals surface area contributed by atoms with Crippen LogP contribution in [0.4, 0.5) is 8.78 Å². The van der Waals surface area contributed by atoms with Gasteiger partial charge in [-0.15, -0.1) is 11.6 Å². The summed E-state index contributed by atoms with van der Waals surface area (Å²) >= 11 is 5.72. The van der Waals surface area contributed by atoms with Gasteiger partial charge in [0, 0.05) is 11.1 Å². The Labute approximate surface area is 120 Å². The smallest absolute Gasteiger partial charge is 0.171 e. The predicted octanol–water partition coefficient (Wildman–Crippen LogP) is 4.29. The monoisotopic (exact) mass is 298 g/mol. The first kappa shape index (κ1) is 14.6. The van der Waals surface area contributed by atoms with Gasteiger partial charge in [0.05, 0.1) is 13.0 Å². The summed E-state index contributed by atoms with van der Waals surface area (Å²) < 4.78 is 37.9. The first-order valence-electron chi connectivity index (χ1n) is 5.95. The van der Waals surface area contributed by atoms with Gasteiger partial charge in [-0.25, -0.2) is 8.78 Å². The van der Waals surface area contributed by atoms with Crippen LogP contribution >= 0.6 is 11.6 Å². The van der Waals surface area contributed by atoms with E-state index in [9.17, 15) is 8.78 Å². The molecule has 0 saturated heterocycles. The van der Waals surface area contributed by atoms with Gasteiger partial charge in [-0.3, -0.25) is 0 Å². The Bertz CT molecular complexity index is 602. The van der Waals surface area contributed by atoms with Crippen molar-refractivity contribution in [3.8, 4) is 11.5 Å². The molecule has 0 bridgehead atoms. The third-order valence-electron chi connectivity index (χ3n) is 2.83. The lowest BCUT2D eigenvalue weighted by Crippen LogP contribution is -2.03. The lowest BCUT2D eigenvalue weighted by atomic mass is 10.2. The highest BCUT2D eigenvalue weighted by Crippen LogP contribution is 2.27. The second kappa shape index (κ2) is 6.57. The fourth-order valence-corrected chi connectivity index (χ4v) is 2.01. The topological polar surface area (TPSA) is 18.5 Å². The molecule has 20 heavy (non-hydrogen) atoms. The van der Waals surface area contributed by atoms with Gasteiger partial charge >= 0.3 is 0 Å². The number of benzene rings is 2. The van der Waals surface area contributed by atoms with Crippen LogP contribution in [0.3, 0.4) is 0 Å². The van der Waals surface area contributed by atoms with Gasteiger partial charge in [0.15, 0.2) is 23.1 Å². The maximum absolute atomic E-state index is 13.9. The standard InChI is InChI=1S/C15H13ClF2O2/c1-19-13-7-3-5-11(14(13)18)9-20-15-10(8-16)4-2-6-12(15)17/h2-7H,8-9H2,1H3. The van der Waals surface area contributed by atoms with Gasteiger partial charge in [0.1, 0.15) is 6.61 Å². The molecule has 0 aliphatic carbocycles.